The highest BCUT2D eigenvalue weighted by molar-refractivity contribution is 5.04. The minimum atomic E-state index is 0.684. The van der Waals surface area contributed by atoms with Crippen LogP contribution >= 0.6 is 0 Å². The molecule has 1 nitrogen and oxygen atoms in total. The average Bonchev–Trinajstić information content (AvgIpc) is 2.66. The molecule has 2 aliphatic rings. The molecule has 1 heteroatoms. The minimum absolute atomic E-state index is 0.684. The number of rotatable bonds is 10. The van der Waals surface area contributed by atoms with Gasteiger partial charge in [-0.3, -0.25) is 0 Å². The first-order chi connectivity index (χ1) is 12.3. The minimum Gasteiger partial charge on any atom is -0.193 e. The van der Waals surface area contributed by atoms with E-state index in [1.807, 2.05) is 0 Å². The third-order valence-corrected chi connectivity index (χ3v) is 7.00. The largest absolute Gasteiger partial charge is 0.193 e. The van der Waals surface area contributed by atoms with Gasteiger partial charge >= 0.3 is 0 Å². The summed E-state index contributed by atoms with van der Waals surface area (Å²) in [6, 6.07) is 2.14. The van der Waals surface area contributed by atoms with Gasteiger partial charge in [0.1, 0.15) is 0 Å². The fourth-order valence-corrected chi connectivity index (χ4v) is 5.17. The molecular formula is C24H41N. The molecule has 0 aromatic carbocycles. The Balaban J connectivity index is 1.50. The second kappa shape index (κ2) is 12.6. The number of hydrogen-bond acceptors (Lipinski definition) is 1. The molecule has 0 atom stereocenters. The Morgan fingerprint density at radius 1 is 0.720 bits per heavy atom. The van der Waals surface area contributed by atoms with Crippen LogP contribution in [-0.4, -0.2) is 0 Å². The summed E-state index contributed by atoms with van der Waals surface area (Å²) in [5.41, 5.74) is 0. The molecule has 0 aliphatic heterocycles. The molecule has 0 N–H and O–H groups in total. The third-order valence-electron chi connectivity index (χ3n) is 7.00. The quantitative estimate of drug-likeness (QED) is 0.293. The van der Waals surface area contributed by atoms with Crippen molar-refractivity contribution in [1.82, 2.24) is 0 Å². The maximum absolute atomic E-state index is 8.64. The van der Waals surface area contributed by atoms with Gasteiger partial charge in [-0.25, -0.2) is 0 Å². The molecule has 25 heavy (non-hydrogen) atoms. The number of hydrogen-bond donors (Lipinski definition) is 0. The van der Waals surface area contributed by atoms with Crippen LogP contribution in [0, 0.1) is 35.0 Å². The summed E-state index contributed by atoms with van der Waals surface area (Å²) in [4.78, 5) is 0. The topological polar surface area (TPSA) is 23.8 Å². The van der Waals surface area contributed by atoms with E-state index in [0.717, 1.165) is 17.8 Å². The van der Waals surface area contributed by atoms with Crippen molar-refractivity contribution in [1.29, 1.82) is 5.26 Å². The van der Waals surface area contributed by atoms with E-state index >= 15 is 0 Å². The summed E-state index contributed by atoms with van der Waals surface area (Å²) in [5, 5.41) is 8.64. The van der Waals surface area contributed by atoms with Gasteiger partial charge in [0.05, 0.1) is 6.07 Å². The molecule has 2 fully saturated rings. The Hall–Kier alpha value is -0.770. The zero-order valence-electron chi connectivity index (χ0n) is 16.7. The van der Waals surface area contributed by atoms with Gasteiger partial charge in [0, 0.05) is 6.08 Å². The molecule has 0 spiro atoms. The van der Waals surface area contributed by atoms with Crippen molar-refractivity contribution in [2.45, 2.75) is 110 Å². The Morgan fingerprint density at radius 2 is 1.24 bits per heavy atom. The van der Waals surface area contributed by atoms with Crippen LogP contribution in [-0.2, 0) is 0 Å². The molecule has 2 rings (SSSR count). The Bertz CT molecular complexity index is 389. The molecule has 0 aromatic heterocycles. The summed E-state index contributed by atoms with van der Waals surface area (Å²) >= 11 is 0. The zero-order valence-corrected chi connectivity index (χ0v) is 16.7. The van der Waals surface area contributed by atoms with E-state index in [2.05, 4.69) is 19.1 Å². The summed E-state index contributed by atoms with van der Waals surface area (Å²) in [7, 11) is 0. The van der Waals surface area contributed by atoms with E-state index in [-0.39, 0.29) is 0 Å². The van der Waals surface area contributed by atoms with E-state index in [9.17, 15) is 0 Å². The van der Waals surface area contributed by atoms with E-state index in [1.54, 1.807) is 6.08 Å². The maximum Gasteiger partial charge on any atom is 0.0908 e. The monoisotopic (exact) mass is 343 g/mol. The fourth-order valence-electron chi connectivity index (χ4n) is 5.17. The molecular weight excluding hydrogens is 302 g/mol. The average molecular weight is 344 g/mol. The number of nitriles is 1. The molecule has 0 aromatic rings. The predicted octanol–water partition coefficient (Wildman–Crippen LogP) is 7.82. The van der Waals surface area contributed by atoms with Crippen molar-refractivity contribution < 1.29 is 0 Å². The van der Waals surface area contributed by atoms with Gasteiger partial charge in [-0.1, -0.05) is 90.0 Å². The van der Waals surface area contributed by atoms with Crippen LogP contribution in [0.5, 0.6) is 0 Å². The number of unbranched alkanes of at least 4 members (excludes halogenated alkanes) is 4. The van der Waals surface area contributed by atoms with Gasteiger partial charge in [0.2, 0.25) is 0 Å². The molecule has 142 valence electrons. The SMILES string of the molecule is CCCCCCC[C@H]1CC[C@H](CCC2CCC(C=CC#N)CC2)CC1. The highest BCUT2D eigenvalue weighted by Gasteiger charge is 2.24. The van der Waals surface area contributed by atoms with E-state index in [4.69, 9.17) is 5.26 Å². The second-order valence-corrected chi connectivity index (χ2v) is 8.94. The molecule has 0 unspecified atom stereocenters. The van der Waals surface area contributed by atoms with Gasteiger partial charge in [-0.2, -0.15) is 5.26 Å². The van der Waals surface area contributed by atoms with Crippen molar-refractivity contribution in [2.24, 2.45) is 23.7 Å². The summed E-state index contributed by atoms with van der Waals surface area (Å²) in [6.45, 7) is 2.30. The fraction of sp³-hybridized carbons (Fsp3) is 0.875. The summed E-state index contributed by atoms with van der Waals surface area (Å²) < 4.78 is 0. The number of nitrogens with zero attached hydrogens (tertiary/aromatic N) is 1. The molecule has 0 bridgehead atoms. The third kappa shape index (κ3) is 8.44. The molecule has 2 saturated carbocycles. The van der Waals surface area contributed by atoms with E-state index in [0.29, 0.717) is 5.92 Å². The van der Waals surface area contributed by atoms with Crippen LogP contribution < -0.4 is 0 Å². The summed E-state index contributed by atoms with van der Waals surface area (Å²) in [6.07, 6.45) is 27.0. The van der Waals surface area contributed by atoms with Gasteiger partial charge in [0.15, 0.2) is 0 Å². The molecule has 0 saturated heterocycles. The van der Waals surface area contributed by atoms with Crippen molar-refractivity contribution in [3.05, 3.63) is 12.2 Å². The Morgan fingerprint density at radius 3 is 1.80 bits per heavy atom. The van der Waals surface area contributed by atoms with Crippen molar-refractivity contribution in [2.75, 3.05) is 0 Å². The number of allylic oxidation sites excluding steroid dienone is 2. The van der Waals surface area contributed by atoms with Crippen LogP contribution in [0.25, 0.3) is 0 Å². The van der Waals surface area contributed by atoms with Gasteiger partial charge < -0.3 is 0 Å². The lowest BCUT2D eigenvalue weighted by Gasteiger charge is -2.31. The van der Waals surface area contributed by atoms with Crippen LogP contribution in [0.3, 0.4) is 0 Å². The van der Waals surface area contributed by atoms with Crippen LogP contribution in [0.2, 0.25) is 0 Å². The highest BCUT2D eigenvalue weighted by Crippen LogP contribution is 2.38. The maximum atomic E-state index is 8.64. The molecule has 0 radical (unpaired) electrons. The predicted molar refractivity (Wildman–Crippen MR) is 108 cm³/mol. The standard InChI is InChI=1S/C24H41N/c1-2-3-4-5-6-8-21-10-14-23(15-11-21)18-19-24-16-12-22(13-17-24)9-7-20-25/h7,9,21-24H,2-6,8,10-19H2,1H3/t21-,22?,23-,24?. The second-order valence-electron chi connectivity index (χ2n) is 8.94. The van der Waals surface area contributed by atoms with Gasteiger partial charge in [0.25, 0.3) is 0 Å². The summed E-state index contributed by atoms with van der Waals surface area (Å²) in [5.74, 6) is 3.75. The Labute approximate surface area is 157 Å². The van der Waals surface area contributed by atoms with Gasteiger partial charge in [-0.15, -0.1) is 0 Å². The molecule has 2 aliphatic carbocycles. The van der Waals surface area contributed by atoms with Crippen molar-refractivity contribution in [3.63, 3.8) is 0 Å². The van der Waals surface area contributed by atoms with Crippen molar-refractivity contribution >= 4 is 0 Å². The van der Waals surface area contributed by atoms with E-state index in [1.165, 1.54) is 103 Å². The smallest absolute Gasteiger partial charge is 0.0908 e. The van der Waals surface area contributed by atoms with E-state index < -0.39 is 0 Å². The first-order valence-electron chi connectivity index (χ1n) is 11.4. The van der Waals surface area contributed by atoms with Crippen LogP contribution in [0.15, 0.2) is 12.2 Å². The highest BCUT2D eigenvalue weighted by atomic mass is 14.3. The van der Waals surface area contributed by atoms with Crippen LogP contribution in [0.1, 0.15) is 110 Å². The van der Waals surface area contributed by atoms with Crippen LogP contribution in [0.4, 0.5) is 0 Å². The lowest BCUT2D eigenvalue weighted by atomic mass is 9.75. The Kier molecular flexibility index (Phi) is 10.3. The zero-order chi connectivity index (χ0) is 17.7. The van der Waals surface area contributed by atoms with Gasteiger partial charge in [-0.05, 0) is 49.4 Å². The normalized spacial score (nSPS) is 30.4. The lowest BCUT2D eigenvalue weighted by Crippen LogP contribution is -2.17. The lowest BCUT2D eigenvalue weighted by molar-refractivity contribution is 0.219. The van der Waals surface area contributed by atoms with Crippen molar-refractivity contribution in [3.8, 4) is 6.07 Å². The molecule has 0 heterocycles. The first-order valence-corrected chi connectivity index (χ1v) is 11.4. The molecule has 0 amide bonds. The first kappa shape index (κ1) is 20.5.